The molecule has 1 aromatic rings. The smallest absolute Gasteiger partial charge is 0.256 e. The third-order valence-corrected chi connectivity index (χ3v) is 3.79. The molecule has 0 atom stereocenters. The van der Waals surface area contributed by atoms with E-state index in [0.717, 1.165) is 44.8 Å². The fraction of sp³-hybridized carbons (Fsp3) is 0.625. The molecule has 1 N–H and O–H groups in total. The van der Waals surface area contributed by atoms with Crippen molar-refractivity contribution in [3.8, 4) is 0 Å². The van der Waals surface area contributed by atoms with Crippen molar-refractivity contribution in [1.82, 2.24) is 14.8 Å². The van der Waals surface area contributed by atoms with Crippen LogP contribution in [0.25, 0.3) is 0 Å². The van der Waals surface area contributed by atoms with Crippen molar-refractivity contribution in [3.05, 3.63) is 24.0 Å². The molecule has 0 aromatic carbocycles. The zero-order chi connectivity index (χ0) is 15.7. The molecule has 0 spiro atoms. The van der Waals surface area contributed by atoms with Crippen LogP contribution in [0, 0.1) is 0 Å². The minimum atomic E-state index is 0.0730. The molecule has 0 unspecified atom stereocenters. The SMILES string of the molecule is CCN(CC)CCCN(CC)C(=O)c1ccncc1NC. The van der Waals surface area contributed by atoms with E-state index in [0.29, 0.717) is 5.56 Å². The van der Waals surface area contributed by atoms with Gasteiger partial charge in [-0.25, -0.2) is 0 Å². The normalized spacial score (nSPS) is 10.7. The second-order valence-electron chi connectivity index (χ2n) is 4.94. The highest BCUT2D eigenvalue weighted by Gasteiger charge is 2.17. The Morgan fingerprint density at radius 1 is 1.19 bits per heavy atom. The summed E-state index contributed by atoms with van der Waals surface area (Å²) in [7, 11) is 1.81. The van der Waals surface area contributed by atoms with E-state index >= 15 is 0 Å². The van der Waals surface area contributed by atoms with Gasteiger partial charge in [0.25, 0.3) is 5.91 Å². The highest BCUT2D eigenvalue weighted by Crippen LogP contribution is 2.15. The van der Waals surface area contributed by atoms with Crippen molar-refractivity contribution in [2.24, 2.45) is 0 Å². The molecule has 0 aliphatic heterocycles. The molecule has 0 saturated heterocycles. The van der Waals surface area contributed by atoms with Crippen LogP contribution in [0.5, 0.6) is 0 Å². The molecule has 0 aliphatic carbocycles. The lowest BCUT2D eigenvalue weighted by atomic mass is 10.2. The Labute approximate surface area is 128 Å². The Morgan fingerprint density at radius 3 is 2.48 bits per heavy atom. The van der Waals surface area contributed by atoms with Crippen LogP contribution in [-0.4, -0.2) is 60.5 Å². The molecule has 0 radical (unpaired) electrons. The van der Waals surface area contributed by atoms with Crippen LogP contribution >= 0.6 is 0 Å². The monoisotopic (exact) mass is 292 g/mol. The Kier molecular flexibility index (Phi) is 7.75. The fourth-order valence-electron chi connectivity index (χ4n) is 2.38. The van der Waals surface area contributed by atoms with E-state index in [-0.39, 0.29) is 5.91 Å². The van der Waals surface area contributed by atoms with Crippen molar-refractivity contribution in [2.75, 3.05) is 45.1 Å². The van der Waals surface area contributed by atoms with Crippen LogP contribution in [0.3, 0.4) is 0 Å². The molecule has 0 fully saturated rings. The molecular weight excluding hydrogens is 264 g/mol. The number of nitrogens with one attached hydrogen (secondary N) is 1. The molecule has 1 aromatic heterocycles. The first-order valence-corrected chi connectivity index (χ1v) is 7.81. The lowest BCUT2D eigenvalue weighted by Crippen LogP contribution is -2.34. The molecule has 1 heterocycles. The summed E-state index contributed by atoms with van der Waals surface area (Å²) in [6, 6.07) is 1.78. The van der Waals surface area contributed by atoms with E-state index in [1.54, 1.807) is 18.5 Å². The summed E-state index contributed by atoms with van der Waals surface area (Å²) in [5.74, 6) is 0.0730. The van der Waals surface area contributed by atoms with Crippen molar-refractivity contribution < 1.29 is 4.79 Å². The van der Waals surface area contributed by atoms with Crippen LogP contribution in [0.4, 0.5) is 5.69 Å². The van der Waals surface area contributed by atoms with Gasteiger partial charge >= 0.3 is 0 Å². The summed E-state index contributed by atoms with van der Waals surface area (Å²) in [4.78, 5) is 20.9. The van der Waals surface area contributed by atoms with Crippen molar-refractivity contribution >= 4 is 11.6 Å². The van der Waals surface area contributed by atoms with E-state index in [1.165, 1.54) is 0 Å². The van der Waals surface area contributed by atoms with E-state index in [9.17, 15) is 4.79 Å². The van der Waals surface area contributed by atoms with Crippen molar-refractivity contribution in [2.45, 2.75) is 27.2 Å². The summed E-state index contributed by atoms with van der Waals surface area (Å²) in [5.41, 5.74) is 1.47. The summed E-state index contributed by atoms with van der Waals surface area (Å²) >= 11 is 0. The third-order valence-electron chi connectivity index (χ3n) is 3.79. The number of hydrogen-bond acceptors (Lipinski definition) is 4. The molecule has 5 nitrogen and oxygen atoms in total. The molecular formula is C16H28N4O. The zero-order valence-corrected chi connectivity index (χ0v) is 13.7. The van der Waals surface area contributed by atoms with Crippen LogP contribution in [0.15, 0.2) is 18.5 Å². The number of amides is 1. The highest BCUT2D eigenvalue weighted by molar-refractivity contribution is 5.99. The Hall–Kier alpha value is -1.62. The summed E-state index contributed by atoms with van der Waals surface area (Å²) in [6.45, 7) is 11.0. The maximum Gasteiger partial charge on any atom is 0.256 e. The topological polar surface area (TPSA) is 48.5 Å². The molecule has 21 heavy (non-hydrogen) atoms. The minimum absolute atomic E-state index is 0.0730. The van der Waals surface area contributed by atoms with Gasteiger partial charge in [0.2, 0.25) is 0 Å². The molecule has 0 aliphatic rings. The van der Waals surface area contributed by atoms with E-state index in [4.69, 9.17) is 0 Å². The largest absolute Gasteiger partial charge is 0.386 e. The molecule has 0 bridgehead atoms. The first-order chi connectivity index (χ1) is 10.2. The summed E-state index contributed by atoms with van der Waals surface area (Å²) < 4.78 is 0. The van der Waals surface area contributed by atoms with Gasteiger partial charge in [0.15, 0.2) is 0 Å². The van der Waals surface area contributed by atoms with Crippen LogP contribution in [-0.2, 0) is 0 Å². The average Bonchev–Trinajstić information content (AvgIpc) is 2.54. The quantitative estimate of drug-likeness (QED) is 0.759. The lowest BCUT2D eigenvalue weighted by molar-refractivity contribution is 0.0758. The first kappa shape index (κ1) is 17.4. The van der Waals surface area contributed by atoms with Gasteiger partial charge in [-0.1, -0.05) is 13.8 Å². The highest BCUT2D eigenvalue weighted by atomic mass is 16.2. The van der Waals surface area contributed by atoms with Gasteiger partial charge < -0.3 is 15.1 Å². The third kappa shape index (κ3) is 5.01. The molecule has 1 amide bonds. The van der Waals surface area contributed by atoms with Gasteiger partial charge in [-0.05, 0) is 39.0 Å². The Morgan fingerprint density at radius 2 is 1.90 bits per heavy atom. The number of carbonyl (C=O) groups excluding carboxylic acids is 1. The van der Waals surface area contributed by atoms with Gasteiger partial charge in [-0.3, -0.25) is 9.78 Å². The lowest BCUT2D eigenvalue weighted by Gasteiger charge is -2.24. The number of aromatic nitrogens is 1. The van der Waals surface area contributed by atoms with Crippen LogP contribution < -0.4 is 5.32 Å². The zero-order valence-electron chi connectivity index (χ0n) is 13.7. The molecule has 5 heteroatoms. The van der Waals surface area contributed by atoms with E-state index < -0.39 is 0 Å². The second-order valence-corrected chi connectivity index (χ2v) is 4.94. The Balaban J connectivity index is 2.65. The van der Waals surface area contributed by atoms with Crippen molar-refractivity contribution in [3.63, 3.8) is 0 Å². The van der Waals surface area contributed by atoms with Crippen LogP contribution in [0.2, 0.25) is 0 Å². The van der Waals surface area contributed by atoms with Crippen LogP contribution in [0.1, 0.15) is 37.6 Å². The fourth-order valence-corrected chi connectivity index (χ4v) is 2.38. The van der Waals surface area contributed by atoms with Gasteiger partial charge in [0.1, 0.15) is 0 Å². The Bertz CT molecular complexity index is 432. The number of anilines is 1. The summed E-state index contributed by atoms with van der Waals surface area (Å²) in [6.07, 6.45) is 4.36. The summed E-state index contributed by atoms with van der Waals surface area (Å²) in [5, 5.41) is 3.03. The number of pyridine rings is 1. The number of hydrogen-bond donors (Lipinski definition) is 1. The number of rotatable bonds is 9. The van der Waals surface area contributed by atoms with E-state index in [2.05, 4.69) is 29.0 Å². The molecule has 0 saturated carbocycles. The first-order valence-electron chi connectivity index (χ1n) is 7.81. The maximum atomic E-state index is 12.6. The number of nitrogens with zero attached hydrogens (tertiary/aromatic N) is 3. The molecule has 118 valence electrons. The predicted octanol–water partition coefficient (Wildman–Crippen LogP) is 2.32. The predicted molar refractivity (Wildman–Crippen MR) is 87.8 cm³/mol. The molecule has 1 rings (SSSR count). The maximum absolute atomic E-state index is 12.6. The van der Waals surface area contributed by atoms with Gasteiger partial charge in [0, 0.05) is 26.3 Å². The standard InChI is InChI=1S/C16H28N4O/c1-5-19(6-2)11-8-12-20(7-3)16(21)14-9-10-18-13-15(14)17-4/h9-10,13,17H,5-8,11-12H2,1-4H3. The van der Waals surface area contributed by atoms with Gasteiger partial charge in [-0.15, -0.1) is 0 Å². The minimum Gasteiger partial charge on any atom is -0.386 e. The van der Waals surface area contributed by atoms with Gasteiger partial charge in [-0.2, -0.15) is 0 Å². The number of carbonyl (C=O) groups is 1. The van der Waals surface area contributed by atoms with Gasteiger partial charge in [0.05, 0.1) is 17.4 Å². The van der Waals surface area contributed by atoms with E-state index in [1.807, 2.05) is 18.9 Å². The van der Waals surface area contributed by atoms with Crippen molar-refractivity contribution in [1.29, 1.82) is 0 Å². The average molecular weight is 292 g/mol. The second kappa shape index (κ2) is 9.34.